The minimum Gasteiger partial charge on any atom is -0.322 e. The quantitative estimate of drug-likeness (QED) is 0.477. The summed E-state index contributed by atoms with van der Waals surface area (Å²) in [5, 5.41) is 8.41. The van der Waals surface area contributed by atoms with Gasteiger partial charge in [0, 0.05) is 40.9 Å². The lowest BCUT2D eigenvalue weighted by atomic mass is 10.1. The van der Waals surface area contributed by atoms with Gasteiger partial charge in [0.25, 0.3) is 5.91 Å². The summed E-state index contributed by atoms with van der Waals surface area (Å²) in [6, 6.07) is 20.7. The number of benzene rings is 2. The fourth-order valence-electron chi connectivity index (χ4n) is 2.87. The molecule has 2 heterocycles. The molecule has 0 radical (unpaired) electrons. The van der Waals surface area contributed by atoms with Gasteiger partial charge in [-0.2, -0.15) is 0 Å². The van der Waals surface area contributed by atoms with Crippen LogP contribution in [-0.4, -0.2) is 21.8 Å². The lowest BCUT2D eigenvalue weighted by Gasteiger charge is -2.07. The number of hydrogen-bond acceptors (Lipinski definition) is 5. The first-order valence-corrected chi connectivity index (χ1v) is 10.1. The maximum Gasteiger partial charge on any atom is 0.255 e. The van der Waals surface area contributed by atoms with Crippen LogP contribution in [0.2, 0.25) is 0 Å². The summed E-state index contributed by atoms with van der Waals surface area (Å²) in [5.74, 6) is -0.187. The lowest BCUT2D eigenvalue weighted by Crippen LogP contribution is -2.13. The maximum absolute atomic E-state index is 12.5. The molecule has 0 aliphatic rings. The van der Waals surface area contributed by atoms with Crippen molar-refractivity contribution in [1.82, 2.24) is 9.97 Å². The van der Waals surface area contributed by atoms with E-state index < -0.39 is 0 Å². The fraction of sp³-hybridized carbons (Fsp3) is 0.0435. The monoisotopic (exact) mass is 414 g/mol. The second kappa shape index (κ2) is 8.67. The molecular formula is C23H18N4O2S. The number of aromatic nitrogens is 2. The summed E-state index contributed by atoms with van der Waals surface area (Å²) in [6.07, 6.45) is 1.48. The minimum atomic E-state index is -0.281. The Hall–Kier alpha value is -3.84. The molecule has 2 aromatic heterocycles. The Morgan fingerprint density at radius 2 is 1.67 bits per heavy atom. The summed E-state index contributed by atoms with van der Waals surface area (Å²) in [4.78, 5) is 32.4. The summed E-state index contributed by atoms with van der Waals surface area (Å²) in [7, 11) is 0. The average Bonchev–Trinajstić information content (AvgIpc) is 3.25. The van der Waals surface area contributed by atoms with E-state index in [9.17, 15) is 9.59 Å². The molecule has 4 aromatic rings. The number of rotatable bonds is 5. The van der Waals surface area contributed by atoms with Crippen molar-refractivity contribution in [3.05, 3.63) is 83.9 Å². The highest BCUT2D eigenvalue weighted by atomic mass is 32.1. The van der Waals surface area contributed by atoms with Crippen molar-refractivity contribution in [3.8, 4) is 21.8 Å². The number of pyridine rings is 1. The van der Waals surface area contributed by atoms with E-state index in [4.69, 9.17) is 4.98 Å². The molecule has 0 fully saturated rings. The van der Waals surface area contributed by atoms with Crippen LogP contribution in [0.25, 0.3) is 21.8 Å². The molecule has 0 spiro atoms. The standard InChI is InChI=1S/C23H18N4O2S/c1-15(28)25-21-13-18(11-12-24-21)22(29)26-19-9-7-16(8-10-19)20-14-30-23(27-20)17-5-3-2-4-6-17/h2-14H,1H3,(H,26,29)(H,24,25,28). The van der Waals surface area contributed by atoms with E-state index in [1.165, 1.54) is 19.2 Å². The highest BCUT2D eigenvalue weighted by Gasteiger charge is 2.10. The van der Waals surface area contributed by atoms with Gasteiger partial charge in [0.2, 0.25) is 5.91 Å². The van der Waals surface area contributed by atoms with Gasteiger partial charge in [-0.15, -0.1) is 11.3 Å². The molecule has 2 amide bonds. The normalized spacial score (nSPS) is 10.4. The number of amides is 2. The number of carbonyl (C=O) groups is 2. The van der Waals surface area contributed by atoms with Crippen LogP contribution in [0.5, 0.6) is 0 Å². The number of nitrogens with one attached hydrogen (secondary N) is 2. The van der Waals surface area contributed by atoms with E-state index in [0.29, 0.717) is 17.1 Å². The molecule has 7 heteroatoms. The molecule has 2 N–H and O–H groups in total. The Bertz CT molecular complexity index is 1190. The van der Waals surface area contributed by atoms with E-state index in [0.717, 1.165) is 21.8 Å². The van der Waals surface area contributed by atoms with E-state index in [-0.39, 0.29) is 11.8 Å². The van der Waals surface area contributed by atoms with Gasteiger partial charge < -0.3 is 10.6 Å². The first-order chi connectivity index (χ1) is 14.6. The van der Waals surface area contributed by atoms with E-state index in [2.05, 4.69) is 15.6 Å². The third-order valence-corrected chi connectivity index (χ3v) is 5.18. The number of thiazole rings is 1. The fourth-order valence-corrected chi connectivity index (χ4v) is 3.70. The number of nitrogens with zero attached hydrogens (tertiary/aromatic N) is 2. The molecule has 0 bridgehead atoms. The molecule has 2 aromatic carbocycles. The molecule has 4 rings (SSSR count). The van der Waals surface area contributed by atoms with Crippen molar-refractivity contribution in [3.63, 3.8) is 0 Å². The Labute approximate surface area is 177 Å². The molecule has 148 valence electrons. The van der Waals surface area contributed by atoms with Crippen molar-refractivity contribution in [2.45, 2.75) is 6.92 Å². The molecule has 0 aliphatic carbocycles. The predicted octanol–water partition coefficient (Wildman–Crippen LogP) is 5.08. The molecule has 0 unspecified atom stereocenters. The first-order valence-electron chi connectivity index (χ1n) is 9.25. The van der Waals surface area contributed by atoms with Crippen molar-refractivity contribution in [1.29, 1.82) is 0 Å². The predicted molar refractivity (Wildman–Crippen MR) is 119 cm³/mol. The van der Waals surface area contributed by atoms with Gasteiger partial charge in [0.1, 0.15) is 10.8 Å². The van der Waals surface area contributed by atoms with Crippen LogP contribution in [0.1, 0.15) is 17.3 Å². The van der Waals surface area contributed by atoms with Crippen LogP contribution in [0, 0.1) is 0 Å². The summed E-state index contributed by atoms with van der Waals surface area (Å²) in [6.45, 7) is 1.39. The van der Waals surface area contributed by atoms with Crippen LogP contribution in [0.3, 0.4) is 0 Å². The zero-order chi connectivity index (χ0) is 20.9. The summed E-state index contributed by atoms with van der Waals surface area (Å²) < 4.78 is 0. The molecule has 0 saturated heterocycles. The highest BCUT2D eigenvalue weighted by Crippen LogP contribution is 2.29. The van der Waals surface area contributed by atoms with Crippen LogP contribution in [-0.2, 0) is 4.79 Å². The van der Waals surface area contributed by atoms with Crippen LogP contribution in [0.15, 0.2) is 78.3 Å². The first kappa shape index (κ1) is 19.5. The van der Waals surface area contributed by atoms with Crippen LogP contribution in [0.4, 0.5) is 11.5 Å². The maximum atomic E-state index is 12.5. The van der Waals surface area contributed by atoms with E-state index in [1.54, 1.807) is 17.4 Å². The van der Waals surface area contributed by atoms with Gasteiger partial charge in [-0.3, -0.25) is 9.59 Å². The van der Waals surface area contributed by atoms with Crippen molar-refractivity contribution in [2.75, 3.05) is 10.6 Å². The third kappa shape index (κ3) is 4.59. The topological polar surface area (TPSA) is 84.0 Å². The third-order valence-electron chi connectivity index (χ3n) is 4.29. The second-order valence-electron chi connectivity index (χ2n) is 6.55. The summed E-state index contributed by atoms with van der Waals surface area (Å²) >= 11 is 1.60. The largest absolute Gasteiger partial charge is 0.322 e. The zero-order valence-corrected chi connectivity index (χ0v) is 16.9. The van der Waals surface area contributed by atoms with Crippen LogP contribution >= 0.6 is 11.3 Å². The minimum absolute atomic E-state index is 0.242. The van der Waals surface area contributed by atoms with Crippen molar-refractivity contribution >= 4 is 34.7 Å². The second-order valence-corrected chi connectivity index (χ2v) is 7.40. The number of carbonyl (C=O) groups excluding carboxylic acids is 2. The van der Waals surface area contributed by atoms with Crippen molar-refractivity contribution < 1.29 is 9.59 Å². The number of anilines is 2. The highest BCUT2D eigenvalue weighted by molar-refractivity contribution is 7.13. The molecule has 30 heavy (non-hydrogen) atoms. The van der Waals surface area contributed by atoms with Crippen LogP contribution < -0.4 is 10.6 Å². The number of hydrogen-bond donors (Lipinski definition) is 2. The van der Waals surface area contributed by atoms with Gasteiger partial charge in [0.05, 0.1) is 5.69 Å². The molecule has 0 saturated carbocycles. The Balaban J connectivity index is 1.46. The summed E-state index contributed by atoms with van der Waals surface area (Å²) in [5.41, 5.74) is 4.03. The van der Waals surface area contributed by atoms with Gasteiger partial charge >= 0.3 is 0 Å². The molecule has 0 atom stereocenters. The van der Waals surface area contributed by atoms with Gasteiger partial charge in [-0.1, -0.05) is 42.5 Å². The Morgan fingerprint density at radius 3 is 2.40 bits per heavy atom. The van der Waals surface area contributed by atoms with Gasteiger partial charge in [0.15, 0.2) is 0 Å². The molecule has 6 nitrogen and oxygen atoms in total. The lowest BCUT2D eigenvalue weighted by molar-refractivity contribution is -0.114. The smallest absolute Gasteiger partial charge is 0.255 e. The van der Waals surface area contributed by atoms with Crippen molar-refractivity contribution in [2.24, 2.45) is 0 Å². The Kier molecular flexibility index (Phi) is 5.63. The average molecular weight is 414 g/mol. The molecular weight excluding hydrogens is 396 g/mol. The molecule has 0 aliphatic heterocycles. The van der Waals surface area contributed by atoms with E-state index >= 15 is 0 Å². The van der Waals surface area contributed by atoms with Gasteiger partial charge in [-0.25, -0.2) is 9.97 Å². The Morgan fingerprint density at radius 1 is 0.900 bits per heavy atom. The SMILES string of the molecule is CC(=O)Nc1cc(C(=O)Nc2ccc(-c3csc(-c4ccccc4)n3)cc2)ccn1. The van der Waals surface area contributed by atoms with E-state index in [1.807, 2.05) is 60.0 Å². The zero-order valence-electron chi connectivity index (χ0n) is 16.1. The van der Waals surface area contributed by atoms with Gasteiger partial charge in [-0.05, 0) is 24.3 Å².